The summed E-state index contributed by atoms with van der Waals surface area (Å²) in [4.78, 5) is 24.0. The fraction of sp³-hybridized carbons (Fsp3) is 0.217. The van der Waals surface area contributed by atoms with Crippen molar-refractivity contribution in [2.75, 3.05) is 6.54 Å². The second-order valence-corrected chi connectivity index (χ2v) is 7.61. The van der Waals surface area contributed by atoms with E-state index in [9.17, 15) is 4.79 Å². The van der Waals surface area contributed by atoms with E-state index in [1.165, 1.54) is 5.56 Å². The molecule has 1 atom stereocenters. The molecule has 1 aromatic carbocycles. The molecule has 7 nitrogen and oxygen atoms in total. The highest BCUT2D eigenvalue weighted by molar-refractivity contribution is 5.94. The summed E-state index contributed by atoms with van der Waals surface area (Å²) in [6, 6.07) is 12.3. The Labute approximate surface area is 174 Å². The van der Waals surface area contributed by atoms with Crippen molar-refractivity contribution >= 4 is 5.91 Å². The monoisotopic (exact) mass is 398 g/mol. The van der Waals surface area contributed by atoms with E-state index in [4.69, 9.17) is 4.98 Å². The van der Waals surface area contributed by atoms with Crippen LogP contribution < -0.4 is 0 Å². The van der Waals surface area contributed by atoms with Crippen LogP contribution in [0.5, 0.6) is 0 Å². The van der Waals surface area contributed by atoms with Gasteiger partial charge in [-0.2, -0.15) is 5.10 Å². The molecule has 4 heterocycles. The van der Waals surface area contributed by atoms with Crippen LogP contribution in [-0.2, 0) is 20.1 Å². The maximum absolute atomic E-state index is 13.2. The van der Waals surface area contributed by atoms with Crippen LogP contribution in [0, 0.1) is 0 Å². The van der Waals surface area contributed by atoms with Crippen molar-refractivity contribution in [1.29, 1.82) is 0 Å². The van der Waals surface area contributed by atoms with E-state index in [-0.39, 0.29) is 11.8 Å². The number of amides is 1. The predicted molar refractivity (Wildman–Crippen MR) is 112 cm³/mol. The Morgan fingerprint density at radius 1 is 1.13 bits per heavy atom. The number of aryl methyl sites for hydroxylation is 1. The summed E-state index contributed by atoms with van der Waals surface area (Å²) >= 11 is 0. The van der Waals surface area contributed by atoms with Gasteiger partial charge in [-0.15, -0.1) is 0 Å². The van der Waals surface area contributed by atoms with Gasteiger partial charge in [0.1, 0.15) is 5.82 Å². The van der Waals surface area contributed by atoms with E-state index >= 15 is 0 Å². The van der Waals surface area contributed by atoms with Crippen molar-refractivity contribution in [1.82, 2.24) is 29.2 Å². The highest BCUT2D eigenvalue weighted by Gasteiger charge is 2.32. The van der Waals surface area contributed by atoms with Crippen LogP contribution in [0.1, 0.15) is 38.8 Å². The van der Waals surface area contributed by atoms with E-state index in [0.29, 0.717) is 25.2 Å². The van der Waals surface area contributed by atoms with Gasteiger partial charge in [-0.3, -0.25) is 14.5 Å². The highest BCUT2D eigenvalue weighted by atomic mass is 16.2. The van der Waals surface area contributed by atoms with Gasteiger partial charge in [-0.05, 0) is 22.8 Å². The number of hydrogen-bond donors (Lipinski definition) is 0. The van der Waals surface area contributed by atoms with Gasteiger partial charge in [0.25, 0.3) is 5.91 Å². The predicted octanol–water partition coefficient (Wildman–Crippen LogP) is 2.85. The molecule has 0 radical (unpaired) electrons. The van der Waals surface area contributed by atoms with Crippen LogP contribution in [0.15, 0.2) is 73.6 Å². The average Bonchev–Trinajstić information content (AvgIpc) is 3.42. The molecule has 1 aliphatic heterocycles. The van der Waals surface area contributed by atoms with E-state index in [1.54, 1.807) is 23.3 Å². The molecule has 0 saturated carbocycles. The van der Waals surface area contributed by atoms with Gasteiger partial charge in [0, 0.05) is 51.1 Å². The lowest BCUT2D eigenvalue weighted by atomic mass is 9.88. The highest BCUT2D eigenvalue weighted by Crippen LogP contribution is 2.33. The third-order valence-electron chi connectivity index (χ3n) is 5.57. The van der Waals surface area contributed by atoms with Crippen molar-refractivity contribution in [3.05, 3.63) is 102 Å². The molecule has 0 N–H and O–H groups in total. The largest absolute Gasteiger partial charge is 0.333 e. The first-order valence-corrected chi connectivity index (χ1v) is 9.94. The molecule has 30 heavy (non-hydrogen) atoms. The van der Waals surface area contributed by atoms with Crippen molar-refractivity contribution in [3.8, 4) is 0 Å². The number of nitrogens with zero attached hydrogens (tertiary/aromatic N) is 6. The average molecular weight is 398 g/mol. The molecule has 0 bridgehead atoms. The second-order valence-electron chi connectivity index (χ2n) is 7.61. The van der Waals surface area contributed by atoms with Gasteiger partial charge < -0.3 is 9.47 Å². The standard InChI is InChI=1S/C23H22N6O/c1-27-14-19(12-26-27)23(30)29-15-18-6-2-3-7-20(18)21(16-29)22-25-9-10-28(22)13-17-5-4-8-24-11-17/h2-12,14,21H,13,15-16H2,1H3/t21-/m1/s1. The lowest BCUT2D eigenvalue weighted by Gasteiger charge is -2.34. The molecular weight excluding hydrogens is 376 g/mol. The van der Waals surface area contributed by atoms with E-state index in [1.807, 2.05) is 42.7 Å². The summed E-state index contributed by atoms with van der Waals surface area (Å²) in [5, 5.41) is 4.15. The third kappa shape index (κ3) is 3.39. The van der Waals surface area contributed by atoms with E-state index in [0.717, 1.165) is 17.0 Å². The molecule has 5 rings (SSSR count). The first kappa shape index (κ1) is 18.3. The van der Waals surface area contributed by atoms with Crippen LogP contribution in [0.25, 0.3) is 0 Å². The summed E-state index contributed by atoms with van der Waals surface area (Å²) in [5.74, 6) is 0.949. The second kappa shape index (κ2) is 7.59. The number of aromatic nitrogens is 5. The van der Waals surface area contributed by atoms with Crippen LogP contribution in [0.3, 0.4) is 0 Å². The fourth-order valence-electron chi connectivity index (χ4n) is 4.15. The van der Waals surface area contributed by atoms with Crippen LogP contribution in [-0.4, -0.2) is 41.7 Å². The minimum atomic E-state index is -0.00651. The number of fused-ring (bicyclic) bond motifs is 1. The van der Waals surface area contributed by atoms with Gasteiger partial charge in [-0.25, -0.2) is 4.98 Å². The van der Waals surface area contributed by atoms with E-state index in [2.05, 4.69) is 38.9 Å². The molecule has 3 aromatic heterocycles. The minimum Gasteiger partial charge on any atom is -0.333 e. The Morgan fingerprint density at radius 2 is 2.03 bits per heavy atom. The van der Waals surface area contributed by atoms with Crippen LogP contribution in [0.2, 0.25) is 0 Å². The first-order chi connectivity index (χ1) is 14.7. The summed E-state index contributed by atoms with van der Waals surface area (Å²) in [7, 11) is 1.82. The van der Waals surface area contributed by atoms with Gasteiger partial charge in [0.05, 0.1) is 24.2 Å². The SMILES string of the molecule is Cn1cc(C(=O)N2Cc3ccccc3[C@H](c3nccn3Cc3cccnc3)C2)cn1. The smallest absolute Gasteiger partial charge is 0.257 e. The molecule has 150 valence electrons. The lowest BCUT2D eigenvalue weighted by Crippen LogP contribution is -2.39. The number of benzene rings is 1. The molecule has 7 heteroatoms. The van der Waals surface area contributed by atoms with Gasteiger partial charge in [0.2, 0.25) is 0 Å². The Morgan fingerprint density at radius 3 is 2.83 bits per heavy atom. The van der Waals surface area contributed by atoms with Gasteiger partial charge >= 0.3 is 0 Å². The number of hydrogen-bond acceptors (Lipinski definition) is 4. The fourth-order valence-corrected chi connectivity index (χ4v) is 4.15. The Kier molecular flexibility index (Phi) is 4.63. The molecule has 4 aromatic rings. The molecule has 1 amide bonds. The van der Waals surface area contributed by atoms with Crippen molar-refractivity contribution in [2.24, 2.45) is 7.05 Å². The van der Waals surface area contributed by atoms with Crippen LogP contribution in [0.4, 0.5) is 0 Å². The minimum absolute atomic E-state index is 0.00208. The number of carbonyl (C=O) groups excluding carboxylic acids is 1. The lowest BCUT2D eigenvalue weighted by molar-refractivity contribution is 0.0723. The zero-order valence-corrected chi connectivity index (χ0v) is 16.7. The third-order valence-corrected chi connectivity index (χ3v) is 5.57. The Balaban J connectivity index is 1.50. The van der Waals surface area contributed by atoms with Crippen molar-refractivity contribution in [3.63, 3.8) is 0 Å². The Bertz CT molecular complexity index is 1180. The maximum Gasteiger partial charge on any atom is 0.257 e. The quantitative estimate of drug-likeness (QED) is 0.530. The number of pyridine rings is 1. The van der Waals surface area contributed by atoms with E-state index < -0.39 is 0 Å². The zero-order valence-electron chi connectivity index (χ0n) is 16.7. The molecule has 1 aliphatic rings. The summed E-state index contributed by atoms with van der Waals surface area (Å²) < 4.78 is 3.81. The molecule has 0 spiro atoms. The number of rotatable bonds is 4. The molecule has 0 saturated heterocycles. The molecule has 0 fully saturated rings. The maximum atomic E-state index is 13.2. The zero-order chi connectivity index (χ0) is 20.5. The molecular formula is C23H22N6O. The molecule has 0 aliphatic carbocycles. The van der Waals surface area contributed by atoms with Gasteiger partial charge in [0.15, 0.2) is 0 Å². The van der Waals surface area contributed by atoms with Crippen molar-refractivity contribution in [2.45, 2.75) is 19.0 Å². The number of carbonyl (C=O) groups is 1. The number of imidazole rings is 1. The summed E-state index contributed by atoms with van der Waals surface area (Å²) in [6.45, 7) is 1.86. The summed E-state index contributed by atoms with van der Waals surface area (Å²) in [6.07, 6.45) is 10.9. The molecule has 0 unspecified atom stereocenters. The van der Waals surface area contributed by atoms with Crippen molar-refractivity contribution < 1.29 is 4.79 Å². The Hall–Kier alpha value is -3.74. The topological polar surface area (TPSA) is 68.8 Å². The summed E-state index contributed by atoms with van der Waals surface area (Å²) in [5.41, 5.74) is 4.10. The first-order valence-electron chi connectivity index (χ1n) is 9.94. The van der Waals surface area contributed by atoms with Crippen LogP contribution >= 0.6 is 0 Å². The normalized spacial score (nSPS) is 15.8. The van der Waals surface area contributed by atoms with Gasteiger partial charge in [-0.1, -0.05) is 30.3 Å².